The fraction of sp³-hybridized carbons (Fsp3) is 0.465. The van der Waals surface area contributed by atoms with Gasteiger partial charge in [0, 0.05) is 43.2 Å². The predicted molar refractivity (Wildman–Crippen MR) is 207 cm³/mol. The Morgan fingerprint density at radius 2 is 1.74 bits per heavy atom. The van der Waals surface area contributed by atoms with E-state index in [1.54, 1.807) is 12.1 Å². The monoisotopic (exact) mass is 736 g/mol. The van der Waals surface area contributed by atoms with Crippen LogP contribution in [0.2, 0.25) is 0 Å². The number of hydrogen-bond donors (Lipinski definition) is 4. The van der Waals surface area contributed by atoms with Crippen molar-refractivity contribution in [3.05, 3.63) is 105 Å². The van der Waals surface area contributed by atoms with Gasteiger partial charge in [0.25, 0.3) is 5.91 Å². The highest BCUT2D eigenvalue weighted by Gasteiger charge is 2.47. The Labute approximate surface area is 316 Å². The van der Waals surface area contributed by atoms with Crippen molar-refractivity contribution < 1.29 is 29.3 Å². The highest BCUT2D eigenvalue weighted by molar-refractivity contribution is 5.95. The van der Waals surface area contributed by atoms with Crippen molar-refractivity contribution in [3.8, 4) is 11.5 Å². The molecule has 4 aliphatic heterocycles. The summed E-state index contributed by atoms with van der Waals surface area (Å²) in [5.74, 6) is 0.981. The molecule has 0 saturated carbocycles. The number of phenols is 1. The van der Waals surface area contributed by atoms with E-state index in [1.165, 1.54) is 12.1 Å². The Morgan fingerprint density at radius 3 is 2.46 bits per heavy atom. The number of hydrogen-bond acceptors (Lipinski definition) is 9. The number of H-pyrrole nitrogens is 1. The summed E-state index contributed by atoms with van der Waals surface area (Å²) in [7, 11) is 0. The molecular weight excluding hydrogens is 684 g/mol. The minimum absolute atomic E-state index is 0.0306. The van der Waals surface area contributed by atoms with Gasteiger partial charge in [0.15, 0.2) is 0 Å². The summed E-state index contributed by atoms with van der Waals surface area (Å²) in [4.78, 5) is 46.3. The number of aromatic nitrogens is 1. The molecular formula is C43H52N4O7. The molecule has 1 amide bonds. The van der Waals surface area contributed by atoms with Crippen LogP contribution in [0, 0.1) is 12.8 Å². The van der Waals surface area contributed by atoms with Crippen LogP contribution >= 0.6 is 0 Å². The molecule has 11 nitrogen and oxygen atoms in total. The van der Waals surface area contributed by atoms with Crippen molar-refractivity contribution in [2.24, 2.45) is 5.92 Å². The maximum absolute atomic E-state index is 14.0. The lowest BCUT2D eigenvalue weighted by Crippen LogP contribution is -2.55. The van der Waals surface area contributed by atoms with Crippen LogP contribution in [0.5, 0.6) is 11.5 Å². The Bertz CT molecular complexity index is 1980. The van der Waals surface area contributed by atoms with Crippen LogP contribution in [0.4, 0.5) is 0 Å². The van der Waals surface area contributed by atoms with E-state index in [0.717, 1.165) is 75.2 Å². The van der Waals surface area contributed by atoms with Crippen LogP contribution in [-0.4, -0.2) is 95.4 Å². The maximum atomic E-state index is 14.0. The summed E-state index contributed by atoms with van der Waals surface area (Å²) >= 11 is 0. The number of benzene rings is 3. The van der Waals surface area contributed by atoms with Crippen molar-refractivity contribution in [2.45, 2.75) is 69.5 Å². The average Bonchev–Trinajstić information content (AvgIpc) is 3.20. The number of unbranched alkanes of at least 4 members (excludes halogenated alkanes) is 2. The van der Waals surface area contributed by atoms with Crippen LogP contribution in [0.15, 0.2) is 77.6 Å². The Hall–Kier alpha value is -4.71. The van der Waals surface area contributed by atoms with E-state index >= 15 is 0 Å². The van der Waals surface area contributed by atoms with E-state index in [1.807, 2.05) is 60.4 Å². The molecule has 0 aliphatic carbocycles. The summed E-state index contributed by atoms with van der Waals surface area (Å²) in [6.45, 7) is 7.54. The highest BCUT2D eigenvalue weighted by atomic mass is 16.5. The molecule has 2 bridgehead atoms. The van der Waals surface area contributed by atoms with E-state index < -0.39 is 11.5 Å². The molecule has 4 N–H and O–H groups in total. The van der Waals surface area contributed by atoms with Crippen molar-refractivity contribution in [1.29, 1.82) is 0 Å². The van der Waals surface area contributed by atoms with Crippen molar-refractivity contribution >= 4 is 22.8 Å². The van der Waals surface area contributed by atoms with Crippen LogP contribution in [0.25, 0.3) is 10.9 Å². The number of esters is 1. The number of nitrogens with one attached hydrogen (secondary N) is 2. The molecule has 54 heavy (non-hydrogen) atoms. The van der Waals surface area contributed by atoms with Gasteiger partial charge in [-0.2, -0.15) is 0 Å². The lowest BCUT2D eigenvalue weighted by Gasteiger charge is -2.46. The molecule has 1 aromatic heterocycles. The second-order valence-electron chi connectivity index (χ2n) is 15.2. The Balaban J connectivity index is 0.852. The van der Waals surface area contributed by atoms with Gasteiger partial charge >= 0.3 is 5.97 Å². The number of aliphatic hydroxyl groups excluding tert-OH is 1. The number of piperidine rings is 4. The van der Waals surface area contributed by atoms with Gasteiger partial charge in [0.05, 0.1) is 23.6 Å². The molecule has 4 aliphatic rings. The van der Waals surface area contributed by atoms with Gasteiger partial charge in [-0.25, -0.2) is 0 Å². The van der Waals surface area contributed by atoms with Crippen molar-refractivity contribution in [3.63, 3.8) is 0 Å². The van der Waals surface area contributed by atoms with Gasteiger partial charge in [-0.3, -0.25) is 19.3 Å². The van der Waals surface area contributed by atoms with Crippen LogP contribution in [0.3, 0.4) is 0 Å². The van der Waals surface area contributed by atoms with Gasteiger partial charge in [-0.05, 0) is 124 Å². The number of aryl methyl sites for hydroxylation is 1. The third-order valence-corrected chi connectivity index (χ3v) is 11.8. The van der Waals surface area contributed by atoms with Gasteiger partial charge < -0.3 is 34.9 Å². The van der Waals surface area contributed by atoms with Crippen molar-refractivity contribution in [2.75, 3.05) is 52.4 Å². The zero-order valence-electron chi connectivity index (χ0n) is 31.1. The lowest BCUT2D eigenvalue weighted by atomic mass is 9.72. The fourth-order valence-electron chi connectivity index (χ4n) is 8.49. The number of likely N-dealkylation sites (tertiary alicyclic amines) is 1. The number of aromatic amines is 1. The number of aliphatic hydroxyl groups is 1. The summed E-state index contributed by atoms with van der Waals surface area (Å²) in [5.41, 5.74) is 2.37. The first-order valence-corrected chi connectivity index (χ1v) is 19.5. The third-order valence-electron chi connectivity index (χ3n) is 11.8. The number of phenolic OH excluding ortho intramolecular Hbond substituents is 1. The average molecular weight is 737 g/mol. The number of aromatic hydroxyl groups is 1. The van der Waals surface area contributed by atoms with E-state index in [9.17, 15) is 24.6 Å². The quantitative estimate of drug-likeness (QED) is 0.101. The second-order valence-corrected chi connectivity index (χ2v) is 15.2. The number of pyridine rings is 1. The lowest BCUT2D eigenvalue weighted by molar-refractivity contribution is -0.167. The highest BCUT2D eigenvalue weighted by Crippen LogP contribution is 2.40. The van der Waals surface area contributed by atoms with Gasteiger partial charge in [0.1, 0.15) is 17.6 Å². The third kappa shape index (κ3) is 8.18. The Morgan fingerprint density at radius 1 is 0.963 bits per heavy atom. The topological polar surface area (TPSA) is 144 Å². The molecule has 4 aromatic rings. The predicted octanol–water partition coefficient (Wildman–Crippen LogP) is 5.23. The minimum atomic E-state index is -0.790. The largest absolute Gasteiger partial charge is 0.506 e. The molecule has 8 rings (SSSR count). The first-order chi connectivity index (χ1) is 26.2. The zero-order chi connectivity index (χ0) is 37.7. The number of amides is 1. The number of ether oxygens (including phenoxy) is 2. The normalized spacial score (nSPS) is 21.1. The minimum Gasteiger partial charge on any atom is -0.506 e. The number of carbonyl (C=O) groups is 2. The smallest absolute Gasteiger partial charge is 0.317 e. The van der Waals surface area contributed by atoms with E-state index in [2.05, 4.69) is 15.2 Å². The maximum Gasteiger partial charge on any atom is 0.317 e. The molecule has 0 spiro atoms. The standard InChI is InChI=1S/C43H52N4O7/c1-29-26-31(10-14-37(29)53-25-7-3-6-20-44-27-36(49)33-11-13-35(48)40-34(33)12-15-39(50)45-40)41(51)47-23-18-43(19-24-47,32-8-4-2-5-9-32)42(52)54-38-28-46-21-16-30(38)17-22-46/h2,4-5,8-15,26,30,36,38,44,48-49H,3,6-7,16-25,27-28H2,1H3,(H,45,50). The molecule has 5 heterocycles. The Kier molecular flexibility index (Phi) is 11.7. The molecule has 2 atom stereocenters. The first kappa shape index (κ1) is 37.6. The molecule has 11 heteroatoms. The first-order valence-electron chi connectivity index (χ1n) is 19.5. The zero-order valence-corrected chi connectivity index (χ0v) is 31.1. The molecule has 2 unspecified atom stereocenters. The van der Waals surface area contributed by atoms with Gasteiger partial charge in [0.2, 0.25) is 5.56 Å². The van der Waals surface area contributed by atoms with E-state index in [-0.39, 0.29) is 29.3 Å². The van der Waals surface area contributed by atoms with Gasteiger partial charge in [-0.15, -0.1) is 0 Å². The van der Waals surface area contributed by atoms with Crippen LogP contribution in [0.1, 0.15) is 78.1 Å². The number of carbonyl (C=O) groups excluding carboxylic acids is 2. The van der Waals surface area contributed by atoms with Crippen LogP contribution < -0.4 is 15.6 Å². The van der Waals surface area contributed by atoms with E-state index in [4.69, 9.17) is 9.47 Å². The molecule has 0 radical (unpaired) electrons. The fourth-order valence-corrected chi connectivity index (χ4v) is 8.49. The molecule has 4 saturated heterocycles. The van der Waals surface area contributed by atoms with Crippen LogP contribution in [-0.2, 0) is 14.9 Å². The molecule has 3 aromatic carbocycles. The SMILES string of the molecule is Cc1cc(C(=O)N2CCC(C(=O)OC3CN4CCC3CC4)(c3ccccc3)CC2)ccc1OCCCCCNCC(O)c1ccc(O)c2[nH]c(=O)ccc12. The van der Waals surface area contributed by atoms with Crippen molar-refractivity contribution in [1.82, 2.24) is 20.1 Å². The summed E-state index contributed by atoms with van der Waals surface area (Å²) in [6, 6.07) is 21.7. The van der Waals surface area contributed by atoms with E-state index in [0.29, 0.717) is 67.0 Å². The molecule has 286 valence electrons. The number of nitrogens with zero attached hydrogens (tertiary/aromatic N) is 2. The summed E-state index contributed by atoms with van der Waals surface area (Å²) in [6.07, 6.45) is 5.08. The number of rotatable bonds is 14. The summed E-state index contributed by atoms with van der Waals surface area (Å²) < 4.78 is 12.4. The molecule has 4 fully saturated rings. The summed E-state index contributed by atoms with van der Waals surface area (Å²) in [5, 5.41) is 24.7. The number of fused-ring (bicyclic) bond motifs is 4. The second kappa shape index (κ2) is 16.8. The van der Waals surface area contributed by atoms with Gasteiger partial charge in [-0.1, -0.05) is 36.4 Å².